The number of benzene rings is 1. The van der Waals surface area contributed by atoms with Crippen LogP contribution < -0.4 is 5.56 Å². The van der Waals surface area contributed by atoms with Crippen molar-refractivity contribution in [1.82, 2.24) is 14.7 Å². The van der Waals surface area contributed by atoms with E-state index in [0.29, 0.717) is 23.8 Å². The topological polar surface area (TPSA) is 55.2 Å². The number of halogens is 1. The van der Waals surface area contributed by atoms with Crippen LogP contribution in [0.2, 0.25) is 5.02 Å². The highest BCUT2D eigenvalue weighted by Gasteiger charge is 2.29. The molecule has 1 heterocycles. The van der Waals surface area contributed by atoms with Gasteiger partial charge < -0.3 is 4.90 Å². The molecule has 0 unspecified atom stereocenters. The van der Waals surface area contributed by atoms with Crippen LogP contribution in [0, 0.1) is 0 Å². The van der Waals surface area contributed by atoms with Gasteiger partial charge >= 0.3 is 0 Å². The quantitative estimate of drug-likeness (QED) is 0.821. The van der Waals surface area contributed by atoms with Crippen molar-refractivity contribution < 1.29 is 4.79 Å². The minimum Gasteiger partial charge on any atom is -0.330 e. The molecule has 132 valence electrons. The summed E-state index contributed by atoms with van der Waals surface area (Å²) in [4.78, 5) is 26.7. The number of nitrogens with zero attached hydrogens (tertiary/aromatic N) is 3. The predicted octanol–water partition coefficient (Wildman–Crippen LogP) is 3.50. The number of carbonyl (C=O) groups is 1. The second kappa shape index (κ2) is 7.83. The molecule has 1 amide bonds. The third-order valence-corrected chi connectivity index (χ3v) is 5.08. The second-order valence-corrected chi connectivity index (χ2v) is 6.74. The molecule has 25 heavy (non-hydrogen) atoms. The first-order valence-corrected chi connectivity index (χ1v) is 9.10. The highest BCUT2D eigenvalue weighted by atomic mass is 35.5. The molecule has 0 radical (unpaired) electrons. The van der Waals surface area contributed by atoms with Gasteiger partial charge in [-0.3, -0.25) is 9.59 Å². The van der Waals surface area contributed by atoms with E-state index in [4.69, 9.17) is 11.6 Å². The zero-order valence-electron chi connectivity index (χ0n) is 14.3. The molecule has 1 fully saturated rings. The minimum atomic E-state index is -0.197. The van der Waals surface area contributed by atoms with Crippen molar-refractivity contribution in [1.29, 1.82) is 0 Å². The number of rotatable bonds is 5. The van der Waals surface area contributed by atoms with E-state index in [0.717, 1.165) is 31.2 Å². The van der Waals surface area contributed by atoms with E-state index in [1.807, 2.05) is 36.1 Å². The van der Waals surface area contributed by atoms with Crippen molar-refractivity contribution in [2.24, 2.45) is 0 Å². The third-order valence-electron chi connectivity index (χ3n) is 4.71. The summed E-state index contributed by atoms with van der Waals surface area (Å²) in [5.74, 6) is -0.144. The number of aryl methyl sites for hydroxylation is 1. The van der Waals surface area contributed by atoms with E-state index in [1.54, 1.807) is 0 Å². The largest absolute Gasteiger partial charge is 0.330 e. The minimum absolute atomic E-state index is 0.144. The van der Waals surface area contributed by atoms with Gasteiger partial charge in [0.05, 0.1) is 0 Å². The first-order valence-electron chi connectivity index (χ1n) is 8.72. The van der Waals surface area contributed by atoms with Crippen LogP contribution >= 0.6 is 11.6 Å². The van der Waals surface area contributed by atoms with E-state index >= 15 is 0 Å². The summed E-state index contributed by atoms with van der Waals surface area (Å²) in [6.07, 6.45) is 4.23. The monoisotopic (exact) mass is 359 g/mol. The van der Waals surface area contributed by atoms with Gasteiger partial charge in [0.1, 0.15) is 5.69 Å². The smallest absolute Gasteiger partial charge is 0.274 e. The van der Waals surface area contributed by atoms with Crippen molar-refractivity contribution in [2.75, 3.05) is 0 Å². The van der Waals surface area contributed by atoms with E-state index in [-0.39, 0.29) is 17.5 Å². The highest BCUT2D eigenvalue weighted by Crippen LogP contribution is 2.27. The van der Waals surface area contributed by atoms with Crippen molar-refractivity contribution in [3.05, 3.63) is 63.0 Å². The van der Waals surface area contributed by atoms with Gasteiger partial charge in [0, 0.05) is 30.2 Å². The Bertz CT molecular complexity index is 812. The molecule has 2 aromatic rings. The lowest BCUT2D eigenvalue weighted by Crippen LogP contribution is -2.39. The molecular weight excluding hydrogens is 338 g/mol. The summed E-state index contributed by atoms with van der Waals surface area (Å²) < 4.78 is 1.32. The molecule has 6 heteroatoms. The highest BCUT2D eigenvalue weighted by molar-refractivity contribution is 6.31. The maximum Gasteiger partial charge on any atom is 0.274 e. The summed E-state index contributed by atoms with van der Waals surface area (Å²) >= 11 is 6.30. The molecule has 0 atom stereocenters. The normalized spacial score (nSPS) is 14.6. The van der Waals surface area contributed by atoms with Crippen LogP contribution in [-0.2, 0) is 13.1 Å². The Labute approximate surface area is 152 Å². The van der Waals surface area contributed by atoms with Crippen LogP contribution in [0.4, 0.5) is 0 Å². The van der Waals surface area contributed by atoms with Gasteiger partial charge in [-0.15, -0.1) is 0 Å². The second-order valence-electron chi connectivity index (χ2n) is 6.34. The lowest BCUT2D eigenvalue weighted by molar-refractivity contribution is 0.0655. The molecule has 1 aromatic carbocycles. The van der Waals surface area contributed by atoms with Crippen LogP contribution in [0.15, 0.2) is 41.2 Å². The summed E-state index contributed by atoms with van der Waals surface area (Å²) in [5, 5.41) is 4.88. The van der Waals surface area contributed by atoms with Gasteiger partial charge in [0.2, 0.25) is 0 Å². The zero-order chi connectivity index (χ0) is 17.8. The zero-order valence-corrected chi connectivity index (χ0v) is 15.1. The maximum absolute atomic E-state index is 13.1. The van der Waals surface area contributed by atoms with Gasteiger partial charge in [0.15, 0.2) is 0 Å². The fraction of sp³-hybridized carbons (Fsp3) is 0.421. The van der Waals surface area contributed by atoms with Crippen LogP contribution in [0.25, 0.3) is 0 Å². The Morgan fingerprint density at radius 2 is 1.96 bits per heavy atom. The Hall–Kier alpha value is -2.14. The van der Waals surface area contributed by atoms with Crippen LogP contribution in [0.1, 0.15) is 48.7 Å². The van der Waals surface area contributed by atoms with Crippen molar-refractivity contribution >= 4 is 17.5 Å². The first kappa shape index (κ1) is 17.7. The summed E-state index contributed by atoms with van der Waals surface area (Å²) in [6, 6.07) is 10.7. The van der Waals surface area contributed by atoms with Gasteiger partial charge in [-0.2, -0.15) is 5.10 Å². The summed E-state index contributed by atoms with van der Waals surface area (Å²) in [7, 11) is 0. The molecule has 3 rings (SSSR count). The average Bonchev–Trinajstić information content (AvgIpc) is 3.15. The fourth-order valence-corrected chi connectivity index (χ4v) is 3.52. The molecule has 0 bridgehead atoms. The molecule has 1 aliphatic rings. The van der Waals surface area contributed by atoms with Gasteiger partial charge in [-0.05, 0) is 37.5 Å². The SMILES string of the molecule is CCn1nc(C(=O)N(Cc2ccccc2Cl)C2CCCC2)ccc1=O. The van der Waals surface area contributed by atoms with Crippen molar-refractivity contribution in [2.45, 2.75) is 51.7 Å². The van der Waals surface area contributed by atoms with Crippen molar-refractivity contribution in [3.8, 4) is 0 Å². The Balaban J connectivity index is 1.92. The molecule has 1 aliphatic carbocycles. The molecule has 1 saturated carbocycles. The Kier molecular flexibility index (Phi) is 5.53. The first-order chi connectivity index (χ1) is 12.1. The van der Waals surface area contributed by atoms with Crippen molar-refractivity contribution in [3.63, 3.8) is 0 Å². The molecule has 0 saturated heterocycles. The number of hydrogen-bond donors (Lipinski definition) is 0. The average molecular weight is 360 g/mol. The van der Waals surface area contributed by atoms with Crippen LogP contribution in [-0.4, -0.2) is 26.6 Å². The molecule has 0 aliphatic heterocycles. The Morgan fingerprint density at radius 3 is 2.64 bits per heavy atom. The van der Waals surface area contributed by atoms with Gasteiger partial charge in [-0.25, -0.2) is 4.68 Å². The van der Waals surface area contributed by atoms with E-state index < -0.39 is 0 Å². The lowest BCUT2D eigenvalue weighted by Gasteiger charge is -2.29. The molecule has 0 N–H and O–H groups in total. The predicted molar refractivity (Wildman–Crippen MR) is 97.8 cm³/mol. The molecule has 0 spiro atoms. The summed E-state index contributed by atoms with van der Waals surface area (Å²) in [6.45, 7) is 2.73. The van der Waals surface area contributed by atoms with E-state index in [2.05, 4.69) is 5.10 Å². The van der Waals surface area contributed by atoms with Gasteiger partial charge in [-0.1, -0.05) is 42.6 Å². The fourth-order valence-electron chi connectivity index (χ4n) is 3.33. The molecular formula is C19H22ClN3O2. The summed E-state index contributed by atoms with van der Waals surface area (Å²) in [5.41, 5.74) is 1.03. The van der Waals surface area contributed by atoms with Crippen LogP contribution in [0.3, 0.4) is 0 Å². The molecule has 1 aromatic heterocycles. The lowest BCUT2D eigenvalue weighted by atomic mass is 10.1. The number of carbonyl (C=O) groups excluding carboxylic acids is 1. The van der Waals surface area contributed by atoms with E-state index in [1.165, 1.54) is 16.8 Å². The maximum atomic E-state index is 13.1. The Morgan fingerprint density at radius 1 is 1.24 bits per heavy atom. The van der Waals surface area contributed by atoms with Gasteiger partial charge in [0.25, 0.3) is 11.5 Å². The van der Waals surface area contributed by atoms with Crippen LogP contribution in [0.5, 0.6) is 0 Å². The number of hydrogen-bond acceptors (Lipinski definition) is 3. The number of aromatic nitrogens is 2. The standard InChI is InChI=1S/C19H22ClN3O2/c1-2-23-18(24)12-11-17(21-23)19(25)22(15-8-4-5-9-15)13-14-7-3-6-10-16(14)20/h3,6-7,10-12,15H,2,4-5,8-9,13H2,1H3. The van der Waals surface area contributed by atoms with E-state index in [9.17, 15) is 9.59 Å². The number of amides is 1. The molecule has 5 nitrogen and oxygen atoms in total. The third kappa shape index (κ3) is 3.93.